The van der Waals surface area contributed by atoms with Crippen LogP contribution in [0.5, 0.6) is 0 Å². The average Bonchev–Trinajstić information content (AvgIpc) is 3.95. The van der Waals surface area contributed by atoms with E-state index in [4.69, 9.17) is 9.97 Å². The molecule has 0 aliphatic rings. The second kappa shape index (κ2) is 12.6. The Labute approximate surface area is 332 Å². The van der Waals surface area contributed by atoms with Gasteiger partial charge < -0.3 is 9.13 Å². The summed E-state index contributed by atoms with van der Waals surface area (Å²) in [5.74, 6) is 0.727. The lowest BCUT2D eigenvalue weighted by molar-refractivity contribution is 1.17. The molecule has 0 aliphatic carbocycles. The van der Waals surface area contributed by atoms with E-state index in [9.17, 15) is 0 Å². The maximum atomic E-state index is 5.40. The lowest BCUT2D eigenvalue weighted by atomic mass is 9.96. The summed E-state index contributed by atoms with van der Waals surface area (Å²) >= 11 is 1.77. The lowest BCUT2D eigenvalue weighted by Crippen LogP contribution is -1.98. The van der Waals surface area contributed by atoms with Crippen LogP contribution in [0.25, 0.3) is 109 Å². The van der Waals surface area contributed by atoms with Crippen LogP contribution in [0.4, 0.5) is 0 Å². The van der Waals surface area contributed by atoms with Crippen molar-refractivity contribution in [2.45, 2.75) is 0 Å². The van der Waals surface area contributed by atoms with Gasteiger partial charge in [-0.05, 0) is 59.7 Å². The second-order valence-electron chi connectivity index (χ2n) is 14.5. The van der Waals surface area contributed by atoms with Gasteiger partial charge >= 0.3 is 0 Å². The normalized spacial score (nSPS) is 11.9. The average molecular weight is 745 g/mol. The van der Waals surface area contributed by atoms with Gasteiger partial charge in [0.1, 0.15) is 0 Å². The van der Waals surface area contributed by atoms with Gasteiger partial charge in [0.05, 0.1) is 38.0 Å². The predicted octanol–water partition coefficient (Wildman–Crippen LogP) is 14.0. The molecule has 12 aromatic rings. The number of hydrogen-bond acceptors (Lipinski definition) is 3. The summed E-state index contributed by atoms with van der Waals surface area (Å²) in [6.45, 7) is 0. The standard InChI is InChI=1S/C52H32N4S/c1-4-16-33(17-5-1)42-32-36(28-29-38(42)48-51-49(41-24-12-15-27-46(41)57-51)54-52(53-48)34-18-6-2-7-19-34)55-44-26-14-11-23-40(44)47-45(55)31-30-39-37-22-10-13-25-43(37)56(50(39)47)35-20-8-3-9-21-35/h1-32H. The lowest BCUT2D eigenvalue weighted by Gasteiger charge is -2.16. The molecule has 0 bridgehead atoms. The van der Waals surface area contributed by atoms with Crippen LogP contribution in [0, 0.1) is 0 Å². The molecule has 0 atom stereocenters. The van der Waals surface area contributed by atoms with Crippen molar-refractivity contribution in [2.75, 3.05) is 0 Å². The van der Waals surface area contributed by atoms with Gasteiger partial charge in [-0.1, -0.05) is 146 Å². The van der Waals surface area contributed by atoms with E-state index in [1.807, 2.05) is 6.07 Å². The number of benzene rings is 8. The third-order valence-electron chi connectivity index (χ3n) is 11.3. The highest BCUT2D eigenvalue weighted by molar-refractivity contribution is 7.26. The van der Waals surface area contributed by atoms with Gasteiger partial charge in [0.25, 0.3) is 0 Å². The number of aromatic nitrogens is 4. The molecule has 0 saturated carbocycles. The summed E-state index contributed by atoms with van der Waals surface area (Å²) in [4.78, 5) is 10.6. The van der Waals surface area contributed by atoms with E-state index in [2.05, 4.69) is 197 Å². The van der Waals surface area contributed by atoms with Gasteiger partial charge in [-0.15, -0.1) is 11.3 Å². The molecule has 0 spiro atoms. The first kappa shape index (κ1) is 32.0. The van der Waals surface area contributed by atoms with E-state index in [1.54, 1.807) is 11.3 Å². The molecule has 4 aromatic heterocycles. The molecule has 0 amide bonds. The van der Waals surface area contributed by atoms with Crippen LogP contribution < -0.4 is 0 Å². The zero-order valence-corrected chi connectivity index (χ0v) is 31.5. The summed E-state index contributed by atoms with van der Waals surface area (Å²) < 4.78 is 7.18. The summed E-state index contributed by atoms with van der Waals surface area (Å²) in [6, 6.07) is 69.5. The molecule has 57 heavy (non-hydrogen) atoms. The Morgan fingerprint density at radius 2 is 1.04 bits per heavy atom. The van der Waals surface area contributed by atoms with Crippen LogP contribution >= 0.6 is 11.3 Å². The second-order valence-corrected chi connectivity index (χ2v) is 15.6. The van der Waals surface area contributed by atoms with Gasteiger partial charge in [-0.2, -0.15) is 0 Å². The highest BCUT2D eigenvalue weighted by Gasteiger charge is 2.23. The Kier molecular flexibility index (Phi) is 7.06. The zero-order chi connectivity index (χ0) is 37.5. The van der Waals surface area contributed by atoms with Crippen LogP contribution in [0.15, 0.2) is 194 Å². The zero-order valence-electron chi connectivity index (χ0n) is 30.7. The molecular weight excluding hydrogens is 713 g/mol. The van der Waals surface area contributed by atoms with Gasteiger partial charge in [0.15, 0.2) is 5.82 Å². The molecule has 5 heteroatoms. The van der Waals surface area contributed by atoms with Gasteiger partial charge in [0, 0.05) is 54.1 Å². The van der Waals surface area contributed by atoms with E-state index in [1.165, 1.54) is 37.3 Å². The van der Waals surface area contributed by atoms with Crippen molar-refractivity contribution >= 4 is 75.3 Å². The highest BCUT2D eigenvalue weighted by atomic mass is 32.1. The molecule has 8 aromatic carbocycles. The molecule has 0 N–H and O–H groups in total. The van der Waals surface area contributed by atoms with Crippen molar-refractivity contribution in [3.8, 4) is 45.1 Å². The fraction of sp³-hybridized carbons (Fsp3) is 0. The highest BCUT2D eigenvalue weighted by Crippen LogP contribution is 2.45. The molecule has 0 saturated heterocycles. The number of nitrogens with zero attached hydrogens (tertiary/aromatic N) is 4. The Morgan fingerprint density at radius 1 is 0.404 bits per heavy atom. The number of rotatable bonds is 5. The molecule has 0 unspecified atom stereocenters. The van der Waals surface area contributed by atoms with Crippen molar-refractivity contribution in [3.05, 3.63) is 194 Å². The van der Waals surface area contributed by atoms with E-state index in [0.29, 0.717) is 0 Å². The molecule has 266 valence electrons. The number of fused-ring (bicyclic) bond motifs is 10. The third-order valence-corrected chi connectivity index (χ3v) is 12.5. The smallest absolute Gasteiger partial charge is 0.160 e. The van der Waals surface area contributed by atoms with Crippen molar-refractivity contribution < 1.29 is 0 Å². The minimum absolute atomic E-state index is 0.727. The fourth-order valence-corrected chi connectivity index (χ4v) is 10.0. The minimum Gasteiger partial charge on any atom is -0.309 e. The van der Waals surface area contributed by atoms with E-state index in [-0.39, 0.29) is 0 Å². The summed E-state index contributed by atoms with van der Waals surface area (Å²) in [5, 5.41) is 6.11. The summed E-state index contributed by atoms with van der Waals surface area (Å²) in [7, 11) is 0. The van der Waals surface area contributed by atoms with Crippen LogP contribution in [-0.2, 0) is 0 Å². The SMILES string of the molecule is c1ccc(-c2nc(-c3ccc(-n4c5ccccc5c5c4ccc4c6ccccc6n(-c6ccccc6)c45)cc3-c3ccccc3)c3sc4ccccc4c3n2)cc1. The predicted molar refractivity (Wildman–Crippen MR) is 240 cm³/mol. The quantitative estimate of drug-likeness (QED) is 0.176. The van der Waals surface area contributed by atoms with Crippen LogP contribution in [0.1, 0.15) is 0 Å². The van der Waals surface area contributed by atoms with Gasteiger partial charge in [0.2, 0.25) is 0 Å². The summed E-state index contributed by atoms with van der Waals surface area (Å²) in [5.41, 5.74) is 13.3. The Morgan fingerprint density at radius 3 is 1.81 bits per heavy atom. The Hall–Kier alpha value is -7.34. The number of hydrogen-bond donors (Lipinski definition) is 0. The van der Waals surface area contributed by atoms with Crippen LogP contribution in [0.3, 0.4) is 0 Å². The van der Waals surface area contributed by atoms with E-state index >= 15 is 0 Å². The van der Waals surface area contributed by atoms with Crippen molar-refractivity contribution in [1.29, 1.82) is 0 Å². The number of para-hydroxylation sites is 3. The fourth-order valence-electron chi connectivity index (χ4n) is 8.86. The maximum Gasteiger partial charge on any atom is 0.160 e. The first-order valence-electron chi connectivity index (χ1n) is 19.3. The molecule has 4 heterocycles. The monoisotopic (exact) mass is 744 g/mol. The van der Waals surface area contributed by atoms with Crippen LogP contribution in [0.2, 0.25) is 0 Å². The first-order chi connectivity index (χ1) is 28.3. The Balaban J connectivity index is 1.17. The van der Waals surface area contributed by atoms with Gasteiger partial charge in [-0.25, -0.2) is 9.97 Å². The van der Waals surface area contributed by atoms with Crippen molar-refractivity contribution in [3.63, 3.8) is 0 Å². The topological polar surface area (TPSA) is 35.6 Å². The summed E-state index contributed by atoms with van der Waals surface area (Å²) in [6.07, 6.45) is 0. The van der Waals surface area contributed by atoms with E-state index in [0.717, 1.165) is 71.8 Å². The molecule has 4 nitrogen and oxygen atoms in total. The van der Waals surface area contributed by atoms with Crippen LogP contribution in [-0.4, -0.2) is 19.1 Å². The van der Waals surface area contributed by atoms with Crippen molar-refractivity contribution in [2.24, 2.45) is 0 Å². The molecular formula is C52H32N4S. The largest absolute Gasteiger partial charge is 0.309 e. The molecule has 0 radical (unpaired) electrons. The van der Waals surface area contributed by atoms with Crippen molar-refractivity contribution in [1.82, 2.24) is 19.1 Å². The molecule has 12 rings (SSSR count). The van der Waals surface area contributed by atoms with E-state index < -0.39 is 0 Å². The third kappa shape index (κ3) is 4.86. The number of thiophene rings is 1. The molecule has 0 aliphatic heterocycles. The maximum absolute atomic E-state index is 5.40. The minimum atomic E-state index is 0.727. The first-order valence-corrected chi connectivity index (χ1v) is 20.1. The van der Waals surface area contributed by atoms with Gasteiger partial charge in [-0.3, -0.25) is 0 Å². The molecule has 0 fully saturated rings. The Bertz CT molecular complexity index is 3510.